The van der Waals surface area contributed by atoms with Crippen molar-refractivity contribution >= 4 is 57.7 Å². The van der Waals surface area contributed by atoms with E-state index in [2.05, 4.69) is 15.6 Å². The number of imide groups is 1. The average Bonchev–Trinajstić information content (AvgIpc) is 3.38. The van der Waals surface area contributed by atoms with Crippen molar-refractivity contribution in [2.45, 2.75) is 38.0 Å². The van der Waals surface area contributed by atoms with Crippen LogP contribution >= 0.6 is 34.3 Å². The molecule has 160 valence electrons. The average molecular weight is 474 g/mol. The van der Waals surface area contributed by atoms with Gasteiger partial charge in [-0.2, -0.15) is 0 Å². The first kappa shape index (κ1) is 21.7. The summed E-state index contributed by atoms with van der Waals surface area (Å²) in [5.74, 6) is -0.653. The van der Waals surface area contributed by atoms with Crippen LogP contribution in [0, 0.1) is 0 Å². The number of anilines is 1. The zero-order valence-electron chi connectivity index (χ0n) is 16.7. The molecule has 0 spiro atoms. The molecule has 31 heavy (non-hydrogen) atoms. The molecular weight excluding hydrogens is 454 g/mol. The van der Waals surface area contributed by atoms with Crippen LogP contribution in [-0.2, 0) is 26.2 Å². The highest BCUT2D eigenvalue weighted by atomic mass is 35.5. The van der Waals surface area contributed by atoms with Crippen molar-refractivity contribution < 1.29 is 14.4 Å². The fourth-order valence-corrected chi connectivity index (χ4v) is 5.67. The zero-order chi connectivity index (χ0) is 22.0. The van der Waals surface area contributed by atoms with E-state index in [1.165, 1.54) is 22.7 Å². The highest BCUT2D eigenvalue weighted by Crippen LogP contribution is 2.36. The molecule has 0 bridgehead atoms. The number of halogens is 1. The first-order valence-electron chi connectivity index (χ1n) is 9.84. The maximum atomic E-state index is 12.5. The first-order chi connectivity index (χ1) is 14.9. The van der Waals surface area contributed by atoms with Gasteiger partial charge in [-0.25, -0.2) is 4.98 Å². The van der Waals surface area contributed by atoms with Crippen molar-refractivity contribution in [3.8, 4) is 9.88 Å². The molecule has 9 heteroatoms. The Hall–Kier alpha value is -2.55. The molecule has 4 rings (SSSR count). The second-order valence-electron chi connectivity index (χ2n) is 7.36. The molecule has 2 aromatic heterocycles. The Morgan fingerprint density at radius 1 is 1.23 bits per heavy atom. The Labute approximate surface area is 192 Å². The molecule has 2 N–H and O–H groups in total. The summed E-state index contributed by atoms with van der Waals surface area (Å²) in [6.45, 7) is 1.94. The van der Waals surface area contributed by atoms with E-state index < -0.39 is 5.41 Å². The SMILES string of the molecule is CCC1(c2ccc(NC(=O)Cc3csc(-c4ccc(Cl)s4)n3)cc2)CCC(=O)NC1=O. The lowest BCUT2D eigenvalue weighted by Crippen LogP contribution is -2.51. The van der Waals surface area contributed by atoms with E-state index in [9.17, 15) is 14.4 Å². The van der Waals surface area contributed by atoms with Crippen molar-refractivity contribution in [3.63, 3.8) is 0 Å². The molecule has 3 amide bonds. The number of aromatic nitrogens is 1. The van der Waals surface area contributed by atoms with Gasteiger partial charge in [-0.15, -0.1) is 22.7 Å². The molecule has 3 aromatic rings. The molecule has 1 unspecified atom stereocenters. The number of nitrogens with one attached hydrogen (secondary N) is 2. The molecule has 1 atom stereocenters. The van der Waals surface area contributed by atoms with Crippen molar-refractivity contribution in [2.24, 2.45) is 0 Å². The zero-order valence-corrected chi connectivity index (χ0v) is 19.1. The second-order valence-corrected chi connectivity index (χ2v) is 9.94. The third kappa shape index (κ3) is 4.56. The van der Waals surface area contributed by atoms with Crippen LogP contribution in [0.25, 0.3) is 9.88 Å². The van der Waals surface area contributed by atoms with Gasteiger partial charge in [0, 0.05) is 17.5 Å². The summed E-state index contributed by atoms with van der Waals surface area (Å²) in [5, 5.41) is 8.04. The Balaban J connectivity index is 1.41. The lowest BCUT2D eigenvalue weighted by atomic mass is 9.72. The van der Waals surface area contributed by atoms with E-state index in [1.807, 2.05) is 36.6 Å². The van der Waals surface area contributed by atoms with Crippen LogP contribution in [0.3, 0.4) is 0 Å². The van der Waals surface area contributed by atoms with Crippen molar-refractivity contribution in [1.29, 1.82) is 0 Å². The highest BCUT2D eigenvalue weighted by Gasteiger charge is 2.42. The van der Waals surface area contributed by atoms with Crippen LogP contribution in [0.15, 0.2) is 41.8 Å². The predicted molar refractivity (Wildman–Crippen MR) is 124 cm³/mol. The standard InChI is InChI=1S/C22H20ClN3O3S2/c1-2-22(10-9-18(27)26-21(22)29)13-3-5-14(6-4-13)24-19(28)11-15-12-30-20(25-15)16-7-8-17(23)31-16/h3-8,12H,2,9-11H2,1H3,(H,24,28)(H,26,27,29). The summed E-state index contributed by atoms with van der Waals surface area (Å²) < 4.78 is 0.704. The van der Waals surface area contributed by atoms with Gasteiger partial charge in [0.05, 0.1) is 26.7 Å². The van der Waals surface area contributed by atoms with Gasteiger partial charge >= 0.3 is 0 Å². The lowest BCUT2D eigenvalue weighted by molar-refractivity contribution is -0.138. The Kier molecular flexibility index (Phi) is 6.22. The van der Waals surface area contributed by atoms with Gasteiger partial charge in [0.25, 0.3) is 0 Å². The van der Waals surface area contributed by atoms with Crippen LogP contribution in [0.2, 0.25) is 4.34 Å². The number of nitrogens with zero attached hydrogens (tertiary/aromatic N) is 1. The van der Waals surface area contributed by atoms with Gasteiger partial charge in [0.15, 0.2) is 0 Å². The first-order valence-corrected chi connectivity index (χ1v) is 11.9. The molecular formula is C22H20ClN3O3S2. The molecule has 1 aliphatic rings. The van der Waals surface area contributed by atoms with Crippen LogP contribution in [0.1, 0.15) is 37.4 Å². The van der Waals surface area contributed by atoms with E-state index in [1.54, 1.807) is 12.1 Å². The Bertz CT molecular complexity index is 1140. The molecule has 0 radical (unpaired) electrons. The molecule has 6 nitrogen and oxygen atoms in total. The summed E-state index contributed by atoms with van der Waals surface area (Å²) >= 11 is 8.92. The summed E-state index contributed by atoms with van der Waals surface area (Å²) in [6.07, 6.45) is 1.58. The van der Waals surface area contributed by atoms with E-state index in [4.69, 9.17) is 11.6 Å². The molecule has 0 saturated carbocycles. The number of thiazole rings is 1. The minimum absolute atomic E-state index is 0.167. The fourth-order valence-electron chi connectivity index (χ4n) is 3.74. The molecule has 1 aliphatic heterocycles. The molecule has 1 saturated heterocycles. The normalized spacial score (nSPS) is 18.6. The number of carbonyl (C=O) groups excluding carboxylic acids is 3. The summed E-state index contributed by atoms with van der Waals surface area (Å²) in [7, 11) is 0. The summed E-state index contributed by atoms with van der Waals surface area (Å²) in [4.78, 5) is 42.0. The maximum Gasteiger partial charge on any atom is 0.237 e. The fraction of sp³-hybridized carbons (Fsp3) is 0.273. The van der Waals surface area contributed by atoms with E-state index in [0.717, 1.165) is 15.4 Å². The molecule has 3 heterocycles. The summed E-state index contributed by atoms with van der Waals surface area (Å²) in [5.41, 5.74) is 1.48. The lowest BCUT2D eigenvalue weighted by Gasteiger charge is -2.35. The van der Waals surface area contributed by atoms with Crippen LogP contribution in [0.5, 0.6) is 0 Å². The largest absolute Gasteiger partial charge is 0.326 e. The monoisotopic (exact) mass is 473 g/mol. The van der Waals surface area contributed by atoms with Crippen molar-refractivity contribution in [3.05, 3.63) is 57.4 Å². The van der Waals surface area contributed by atoms with Gasteiger partial charge in [-0.1, -0.05) is 30.7 Å². The number of amides is 3. The third-order valence-electron chi connectivity index (χ3n) is 5.47. The number of hydrogen-bond acceptors (Lipinski definition) is 6. The Morgan fingerprint density at radius 3 is 2.65 bits per heavy atom. The van der Waals surface area contributed by atoms with Crippen LogP contribution < -0.4 is 10.6 Å². The van der Waals surface area contributed by atoms with Crippen molar-refractivity contribution in [2.75, 3.05) is 5.32 Å². The van der Waals surface area contributed by atoms with Gasteiger partial charge in [0.2, 0.25) is 17.7 Å². The minimum Gasteiger partial charge on any atom is -0.326 e. The number of rotatable bonds is 6. The predicted octanol–water partition coefficient (Wildman–Crippen LogP) is 4.79. The second kappa shape index (κ2) is 8.90. The number of hydrogen-bond donors (Lipinski definition) is 2. The van der Waals surface area contributed by atoms with Gasteiger partial charge in [-0.05, 0) is 42.7 Å². The summed E-state index contributed by atoms with van der Waals surface area (Å²) in [6, 6.07) is 11.0. The van der Waals surface area contributed by atoms with E-state index in [-0.39, 0.29) is 24.1 Å². The minimum atomic E-state index is -0.710. The maximum absolute atomic E-state index is 12.5. The van der Waals surface area contributed by atoms with Crippen LogP contribution in [-0.4, -0.2) is 22.7 Å². The van der Waals surface area contributed by atoms with Gasteiger partial charge in [-0.3, -0.25) is 19.7 Å². The molecule has 1 aromatic carbocycles. The van der Waals surface area contributed by atoms with Crippen LogP contribution in [0.4, 0.5) is 5.69 Å². The number of benzene rings is 1. The quantitative estimate of drug-likeness (QED) is 0.504. The van der Waals surface area contributed by atoms with E-state index >= 15 is 0 Å². The molecule has 0 aliphatic carbocycles. The Morgan fingerprint density at radius 2 is 2.00 bits per heavy atom. The topological polar surface area (TPSA) is 88.2 Å². The number of piperidine rings is 1. The van der Waals surface area contributed by atoms with Gasteiger partial charge in [0.1, 0.15) is 5.01 Å². The highest BCUT2D eigenvalue weighted by molar-refractivity contribution is 7.23. The number of carbonyl (C=O) groups is 3. The van der Waals surface area contributed by atoms with E-state index in [0.29, 0.717) is 35.0 Å². The third-order valence-corrected chi connectivity index (χ3v) is 7.76. The van der Waals surface area contributed by atoms with Gasteiger partial charge < -0.3 is 5.32 Å². The molecule has 1 fully saturated rings. The number of thiophene rings is 1. The smallest absolute Gasteiger partial charge is 0.237 e. The van der Waals surface area contributed by atoms with Crippen molar-refractivity contribution in [1.82, 2.24) is 10.3 Å².